The van der Waals surface area contributed by atoms with Crippen molar-refractivity contribution in [2.45, 2.75) is 24.6 Å². The Balaban J connectivity index is 2.18. The van der Waals surface area contributed by atoms with E-state index in [1.807, 2.05) is 12.1 Å². The van der Waals surface area contributed by atoms with Gasteiger partial charge in [0.25, 0.3) is 0 Å². The van der Waals surface area contributed by atoms with Crippen molar-refractivity contribution in [1.82, 2.24) is 0 Å². The van der Waals surface area contributed by atoms with E-state index in [2.05, 4.69) is 0 Å². The van der Waals surface area contributed by atoms with Gasteiger partial charge in [0.1, 0.15) is 0 Å². The van der Waals surface area contributed by atoms with Crippen LogP contribution in [0.15, 0.2) is 24.3 Å². The van der Waals surface area contributed by atoms with Gasteiger partial charge in [0.2, 0.25) is 10.0 Å². The van der Waals surface area contributed by atoms with Gasteiger partial charge in [-0.05, 0) is 30.5 Å². The highest BCUT2D eigenvalue weighted by atomic mass is 32.2. The molecule has 5 nitrogen and oxygen atoms in total. The molecule has 0 amide bonds. The molecule has 0 unspecified atom stereocenters. The molecule has 0 bridgehead atoms. The van der Waals surface area contributed by atoms with Crippen LogP contribution in [0.1, 0.15) is 18.4 Å². The van der Waals surface area contributed by atoms with E-state index in [9.17, 15) is 8.42 Å². The monoisotopic (exact) mass is 284 g/mol. The fourth-order valence-electron chi connectivity index (χ4n) is 2.19. The second-order valence-electron chi connectivity index (χ2n) is 4.69. The van der Waals surface area contributed by atoms with Crippen molar-refractivity contribution in [2.75, 3.05) is 24.6 Å². The minimum Gasteiger partial charge on any atom is -0.381 e. The second-order valence-corrected chi connectivity index (χ2v) is 6.94. The first-order chi connectivity index (χ1) is 9.05. The summed E-state index contributed by atoms with van der Waals surface area (Å²) in [5, 5.41) is -0.347. The van der Waals surface area contributed by atoms with Crippen LogP contribution >= 0.6 is 0 Å². The highest BCUT2D eigenvalue weighted by Crippen LogP contribution is 2.24. The third kappa shape index (κ3) is 3.08. The lowest BCUT2D eigenvalue weighted by molar-refractivity contribution is 0.0983. The summed E-state index contributed by atoms with van der Waals surface area (Å²) in [7, 11) is -1.71. The molecule has 106 valence electrons. The van der Waals surface area contributed by atoms with Crippen molar-refractivity contribution in [1.29, 1.82) is 0 Å². The third-order valence-electron chi connectivity index (χ3n) is 3.51. The molecule has 1 aliphatic heterocycles. The molecule has 0 radical (unpaired) electrons. The molecule has 1 aromatic rings. The smallest absolute Gasteiger partial charge is 0.237 e. The Morgan fingerprint density at radius 2 is 1.84 bits per heavy atom. The second kappa shape index (κ2) is 5.90. The fraction of sp³-hybridized carbons (Fsp3) is 0.538. The Labute approximate surface area is 114 Å². The van der Waals surface area contributed by atoms with Crippen molar-refractivity contribution < 1.29 is 13.2 Å². The summed E-state index contributed by atoms with van der Waals surface area (Å²) in [6.07, 6.45) is 1.13. The fourth-order valence-corrected chi connectivity index (χ4v) is 3.84. The highest BCUT2D eigenvalue weighted by molar-refractivity contribution is 7.93. The quantitative estimate of drug-likeness (QED) is 0.898. The van der Waals surface area contributed by atoms with Crippen molar-refractivity contribution >= 4 is 15.7 Å². The molecule has 1 aromatic carbocycles. The van der Waals surface area contributed by atoms with E-state index in [0.29, 0.717) is 38.3 Å². The normalized spacial score (nSPS) is 17.4. The van der Waals surface area contributed by atoms with E-state index in [1.54, 1.807) is 19.2 Å². The topological polar surface area (TPSA) is 72.6 Å². The maximum absolute atomic E-state index is 12.5. The number of sulfonamides is 1. The van der Waals surface area contributed by atoms with Gasteiger partial charge in [0.15, 0.2) is 0 Å². The largest absolute Gasteiger partial charge is 0.381 e. The zero-order valence-corrected chi connectivity index (χ0v) is 11.9. The van der Waals surface area contributed by atoms with Gasteiger partial charge >= 0.3 is 0 Å². The number of ether oxygens (including phenoxy) is 1. The van der Waals surface area contributed by atoms with Gasteiger partial charge < -0.3 is 10.5 Å². The molecule has 19 heavy (non-hydrogen) atoms. The molecule has 0 aliphatic carbocycles. The van der Waals surface area contributed by atoms with E-state index < -0.39 is 10.0 Å². The van der Waals surface area contributed by atoms with Crippen molar-refractivity contribution in [3.05, 3.63) is 29.8 Å². The molecule has 6 heteroatoms. The van der Waals surface area contributed by atoms with E-state index in [-0.39, 0.29) is 5.25 Å². The number of rotatable bonds is 4. The summed E-state index contributed by atoms with van der Waals surface area (Å²) in [5.74, 6) is 0. The summed E-state index contributed by atoms with van der Waals surface area (Å²) in [6.45, 7) is 1.49. The Morgan fingerprint density at radius 1 is 1.26 bits per heavy atom. The van der Waals surface area contributed by atoms with E-state index in [1.165, 1.54) is 4.31 Å². The first kappa shape index (κ1) is 14.3. The van der Waals surface area contributed by atoms with Gasteiger partial charge in [-0.15, -0.1) is 0 Å². The van der Waals surface area contributed by atoms with Gasteiger partial charge in [-0.2, -0.15) is 0 Å². The van der Waals surface area contributed by atoms with Crippen LogP contribution in [-0.4, -0.2) is 33.9 Å². The summed E-state index contributed by atoms with van der Waals surface area (Å²) in [4.78, 5) is 0. The Morgan fingerprint density at radius 3 is 2.37 bits per heavy atom. The molecule has 0 spiro atoms. The van der Waals surface area contributed by atoms with Crippen LogP contribution in [-0.2, 0) is 21.3 Å². The van der Waals surface area contributed by atoms with Crippen molar-refractivity contribution in [3.63, 3.8) is 0 Å². The molecular formula is C13H20N2O3S. The van der Waals surface area contributed by atoms with Gasteiger partial charge in [-0.1, -0.05) is 12.1 Å². The lowest BCUT2D eigenvalue weighted by Crippen LogP contribution is -2.39. The van der Waals surface area contributed by atoms with E-state index in [4.69, 9.17) is 10.5 Å². The predicted molar refractivity (Wildman–Crippen MR) is 75.5 cm³/mol. The zero-order chi connectivity index (χ0) is 13.9. The molecule has 1 fully saturated rings. The predicted octanol–water partition coefficient (Wildman–Crippen LogP) is 1.09. The van der Waals surface area contributed by atoms with Crippen LogP contribution in [0, 0.1) is 0 Å². The molecule has 1 heterocycles. The van der Waals surface area contributed by atoms with Crippen LogP contribution in [0.3, 0.4) is 0 Å². The number of benzene rings is 1. The lowest BCUT2D eigenvalue weighted by atomic mass is 10.2. The number of hydrogen-bond donors (Lipinski definition) is 1. The number of nitrogens with two attached hydrogens (primary N) is 1. The first-order valence-corrected chi connectivity index (χ1v) is 7.90. The summed E-state index contributed by atoms with van der Waals surface area (Å²) >= 11 is 0. The molecule has 0 aromatic heterocycles. The molecule has 2 rings (SSSR count). The van der Waals surface area contributed by atoms with Crippen LogP contribution in [0.4, 0.5) is 5.69 Å². The van der Waals surface area contributed by atoms with Gasteiger partial charge in [0.05, 0.1) is 10.9 Å². The number of hydrogen-bond acceptors (Lipinski definition) is 4. The average Bonchev–Trinajstić information content (AvgIpc) is 2.47. The Bertz CT molecular complexity index is 507. The molecule has 1 saturated heterocycles. The lowest BCUT2D eigenvalue weighted by Gasteiger charge is -2.28. The number of nitrogens with zero attached hydrogens (tertiary/aromatic N) is 1. The SMILES string of the molecule is CN(c1ccc(CN)cc1)S(=O)(=O)C1CCOCC1. The summed E-state index contributed by atoms with van der Waals surface area (Å²) in [6, 6.07) is 7.29. The van der Waals surface area contributed by atoms with Crippen LogP contribution in [0.5, 0.6) is 0 Å². The Hall–Kier alpha value is -1.11. The third-order valence-corrected chi connectivity index (χ3v) is 5.80. The molecular weight excluding hydrogens is 264 g/mol. The summed E-state index contributed by atoms with van der Waals surface area (Å²) < 4.78 is 31.6. The minimum absolute atomic E-state index is 0.347. The van der Waals surface area contributed by atoms with E-state index in [0.717, 1.165) is 5.56 Å². The molecule has 0 atom stereocenters. The maximum atomic E-state index is 12.5. The number of anilines is 1. The van der Waals surface area contributed by atoms with Crippen molar-refractivity contribution in [3.8, 4) is 0 Å². The highest BCUT2D eigenvalue weighted by Gasteiger charge is 2.31. The Kier molecular flexibility index (Phi) is 4.44. The first-order valence-electron chi connectivity index (χ1n) is 6.40. The molecule has 0 saturated carbocycles. The average molecular weight is 284 g/mol. The van der Waals surface area contributed by atoms with Gasteiger partial charge in [-0.3, -0.25) is 4.31 Å². The van der Waals surface area contributed by atoms with E-state index >= 15 is 0 Å². The van der Waals surface area contributed by atoms with Gasteiger partial charge in [-0.25, -0.2) is 8.42 Å². The molecule has 2 N–H and O–H groups in total. The standard InChI is InChI=1S/C13H20N2O3S/c1-15(12-4-2-11(10-14)3-5-12)19(16,17)13-6-8-18-9-7-13/h2-5,13H,6-10,14H2,1H3. The van der Waals surface area contributed by atoms with Crippen molar-refractivity contribution in [2.24, 2.45) is 5.73 Å². The zero-order valence-electron chi connectivity index (χ0n) is 11.1. The van der Waals surface area contributed by atoms with Gasteiger partial charge in [0, 0.05) is 26.8 Å². The minimum atomic E-state index is -3.31. The van der Waals surface area contributed by atoms with Crippen LogP contribution < -0.4 is 10.0 Å². The van der Waals surface area contributed by atoms with Crippen LogP contribution in [0.25, 0.3) is 0 Å². The maximum Gasteiger partial charge on any atom is 0.237 e. The summed E-state index contributed by atoms with van der Waals surface area (Å²) in [5.41, 5.74) is 7.19. The molecule has 1 aliphatic rings. The van der Waals surface area contributed by atoms with Crippen LogP contribution in [0.2, 0.25) is 0 Å².